The second kappa shape index (κ2) is 8.67. The lowest BCUT2D eigenvalue weighted by Crippen LogP contribution is -2.78. The van der Waals surface area contributed by atoms with Crippen molar-refractivity contribution in [3.63, 3.8) is 0 Å². The zero-order valence-electron chi connectivity index (χ0n) is 19.7. The molecule has 2 N–H and O–H groups in total. The summed E-state index contributed by atoms with van der Waals surface area (Å²) < 4.78 is 0. The van der Waals surface area contributed by atoms with Crippen LogP contribution in [0, 0.1) is 29.6 Å². The van der Waals surface area contributed by atoms with Crippen molar-refractivity contribution in [2.45, 2.75) is 65.1 Å². The second-order valence-electron chi connectivity index (χ2n) is 11.0. The Morgan fingerprint density at radius 1 is 1.16 bits per heavy atom. The van der Waals surface area contributed by atoms with Crippen LogP contribution in [0.25, 0.3) is 0 Å². The molecule has 1 aromatic carbocycles. The van der Waals surface area contributed by atoms with E-state index in [2.05, 4.69) is 67.5 Å². The van der Waals surface area contributed by atoms with Crippen molar-refractivity contribution in [3.8, 4) is 0 Å². The van der Waals surface area contributed by atoms with E-state index in [0.717, 1.165) is 25.9 Å². The topological polar surface area (TPSA) is 61.4 Å². The summed E-state index contributed by atoms with van der Waals surface area (Å²) in [5.74, 6) is 2.06. The van der Waals surface area contributed by atoms with E-state index in [4.69, 9.17) is 0 Å². The maximum Gasteiger partial charge on any atom is 0.240 e. The predicted molar refractivity (Wildman–Crippen MR) is 124 cm³/mol. The van der Waals surface area contributed by atoms with Crippen LogP contribution in [0.4, 0.5) is 0 Å². The summed E-state index contributed by atoms with van der Waals surface area (Å²) in [5.41, 5.74) is 0.585. The number of hydrogen-bond acceptors (Lipinski definition) is 4. The molecular formula is C26H39N3O2. The Hall–Kier alpha value is -1.72. The van der Waals surface area contributed by atoms with E-state index in [1.165, 1.54) is 5.56 Å². The lowest BCUT2D eigenvalue weighted by Gasteiger charge is -2.59. The highest BCUT2D eigenvalue weighted by Crippen LogP contribution is 2.55. The normalized spacial score (nSPS) is 34.5. The smallest absolute Gasteiger partial charge is 0.240 e. The molecule has 0 radical (unpaired) electrons. The molecule has 1 aromatic rings. The number of rotatable bonds is 8. The van der Waals surface area contributed by atoms with Crippen molar-refractivity contribution in [2.75, 3.05) is 19.6 Å². The molecule has 0 aromatic heterocycles. The summed E-state index contributed by atoms with van der Waals surface area (Å²) in [5, 5.41) is 6.88. The van der Waals surface area contributed by atoms with E-state index in [9.17, 15) is 9.59 Å². The molecule has 5 nitrogen and oxygen atoms in total. The van der Waals surface area contributed by atoms with E-state index in [1.807, 2.05) is 6.07 Å². The quantitative estimate of drug-likeness (QED) is 0.672. The monoisotopic (exact) mass is 425 g/mol. The minimum Gasteiger partial charge on any atom is -0.354 e. The predicted octanol–water partition coefficient (Wildman–Crippen LogP) is 2.89. The number of Topliss-reactive ketones (excluding diaryl/α,β-unsaturated/α-hetero) is 1. The molecule has 6 unspecified atom stereocenters. The SMILES string of the molecule is CC(=O)C1NC2(C(=O)NCC(C)C)CC3CN(CC(C)C)C(C31)C2Cc1ccccc1. The molecule has 5 heteroatoms. The first-order valence-corrected chi connectivity index (χ1v) is 12.1. The van der Waals surface area contributed by atoms with Gasteiger partial charge in [0.05, 0.1) is 6.04 Å². The van der Waals surface area contributed by atoms with Gasteiger partial charge in [0, 0.05) is 37.5 Å². The lowest BCUT2D eigenvalue weighted by atomic mass is 9.55. The molecular weight excluding hydrogens is 386 g/mol. The van der Waals surface area contributed by atoms with Gasteiger partial charge in [-0.15, -0.1) is 0 Å². The van der Waals surface area contributed by atoms with E-state index in [-0.39, 0.29) is 29.7 Å². The Kier molecular flexibility index (Phi) is 6.28. The van der Waals surface area contributed by atoms with Crippen LogP contribution in [-0.2, 0) is 16.0 Å². The molecule has 4 fully saturated rings. The van der Waals surface area contributed by atoms with Gasteiger partial charge >= 0.3 is 0 Å². The molecule has 4 bridgehead atoms. The number of benzene rings is 1. The Balaban J connectivity index is 1.75. The van der Waals surface area contributed by atoms with Gasteiger partial charge in [-0.25, -0.2) is 0 Å². The number of carbonyl (C=O) groups is 2. The summed E-state index contributed by atoms with van der Waals surface area (Å²) in [7, 11) is 0. The first-order chi connectivity index (χ1) is 14.7. The Labute approximate surface area is 187 Å². The number of ketones is 1. The molecule has 4 aliphatic rings. The average molecular weight is 426 g/mol. The molecule has 5 rings (SSSR count). The molecule has 3 heterocycles. The zero-order valence-corrected chi connectivity index (χ0v) is 19.7. The fourth-order valence-electron chi connectivity index (χ4n) is 6.64. The summed E-state index contributed by atoms with van der Waals surface area (Å²) in [6.45, 7) is 13.2. The van der Waals surface area contributed by atoms with Crippen LogP contribution in [0.2, 0.25) is 0 Å². The van der Waals surface area contributed by atoms with Crippen molar-refractivity contribution in [1.29, 1.82) is 0 Å². The van der Waals surface area contributed by atoms with Crippen LogP contribution in [0.3, 0.4) is 0 Å². The van der Waals surface area contributed by atoms with Gasteiger partial charge in [-0.05, 0) is 43.1 Å². The van der Waals surface area contributed by atoms with Crippen molar-refractivity contribution in [2.24, 2.45) is 29.6 Å². The van der Waals surface area contributed by atoms with Crippen molar-refractivity contribution in [1.82, 2.24) is 15.5 Å². The van der Waals surface area contributed by atoms with E-state index in [1.54, 1.807) is 6.92 Å². The van der Waals surface area contributed by atoms with Crippen molar-refractivity contribution in [3.05, 3.63) is 35.9 Å². The van der Waals surface area contributed by atoms with E-state index in [0.29, 0.717) is 30.2 Å². The molecule has 0 spiro atoms. The molecule has 1 aliphatic carbocycles. The standard InChI is InChI=1S/C26H39N3O2/c1-16(2)13-27-25(31)26-12-20-15-29(14-17(3)4)24(22(20)23(28-26)18(5)30)21(26)11-19-9-7-6-8-10-19/h6-10,16-17,20-24,28H,11-15H2,1-5H3,(H,27,31). The first-order valence-electron chi connectivity index (χ1n) is 12.1. The molecule has 3 aliphatic heterocycles. The van der Waals surface area contributed by atoms with Crippen molar-refractivity contribution < 1.29 is 9.59 Å². The van der Waals surface area contributed by atoms with E-state index < -0.39 is 5.54 Å². The number of carbonyl (C=O) groups excluding carboxylic acids is 2. The number of nitrogens with zero attached hydrogens (tertiary/aromatic N) is 1. The number of fused-ring (bicyclic) bond motifs is 1. The fourth-order valence-corrected chi connectivity index (χ4v) is 6.64. The van der Waals surface area contributed by atoms with Gasteiger partial charge in [0.25, 0.3) is 0 Å². The minimum atomic E-state index is -0.684. The van der Waals surface area contributed by atoms with Gasteiger partial charge in [-0.1, -0.05) is 58.0 Å². The Bertz CT molecular complexity index is 808. The van der Waals surface area contributed by atoms with Crippen LogP contribution in [0.5, 0.6) is 0 Å². The lowest BCUT2D eigenvalue weighted by molar-refractivity contribution is -0.146. The van der Waals surface area contributed by atoms with Gasteiger partial charge < -0.3 is 5.32 Å². The molecule has 1 amide bonds. The number of piperidine rings is 2. The van der Waals surface area contributed by atoms with Crippen LogP contribution in [0.1, 0.15) is 46.6 Å². The second-order valence-corrected chi connectivity index (χ2v) is 11.0. The van der Waals surface area contributed by atoms with Gasteiger partial charge in [0.2, 0.25) is 5.91 Å². The highest BCUT2D eigenvalue weighted by molar-refractivity contribution is 5.91. The van der Waals surface area contributed by atoms with Crippen LogP contribution >= 0.6 is 0 Å². The molecule has 1 saturated carbocycles. The Morgan fingerprint density at radius 3 is 2.48 bits per heavy atom. The molecule has 6 atom stereocenters. The zero-order chi connectivity index (χ0) is 22.3. The first kappa shape index (κ1) is 22.5. The van der Waals surface area contributed by atoms with Crippen molar-refractivity contribution >= 4 is 11.7 Å². The van der Waals surface area contributed by atoms with Crippen LogP contribution in [-0.4, -0.2) is 53.8 Å². The van der Waals surface area contributed by atoms with Crippen LogP contribution in [0.15, 0.2) is 30.3 Å². The summed E-state index contributed by atoms with van der Waals surface area (Å²) >= 11 is 0. The van der Waals surface area contributed by atoms with Gasteiger partial charge in [0.15, 0.2) is 0 Å². The third-order valence-electron chi connectivity index (χ3n) is 7.67. The highest BCUT2D eigenvalue weighted by Gasteiger charge is 2.68. The third kappa shape index (κ3) is 4.07. The molecule has 3 saturated heterocycles. The largest absolute Gasteiger partial charge is 0.354 e. The molecule has 31 heavy (non-hydrogen) atoms. The van der Waals surface area contributed by atoms with E-state index >= 15 is 0 Å². The van der Waals surface area contributed by atoms with Gasteiger partial charge in [0.1, 0.15) is 11.3 Å². The highest BCUT2D eigenvalue weighted by atomic mass is 16.2. The van der Waals surface area contributed by atoms with Gasteiger partial charge in [-0.2, -0.15) is 0 Å². The third-order valence-corrected chi connectivity index (χ3v) is 7.67. The fraction of sp³-hybridized carbons (Fsp3) is 0.692. The summed E-state index contributed by atoms with van der Waals surface area (Å²) in [6, 6.07) is 10.6. The van der Waals surface area contributed by atoms with Gasteiger partial charge in [-0.3, -0.25) is 19.8 Å². The number of hydrogen-bond donors (Lipinski definition) is 2. The Morgan fingerprint density at radius 2 is 1.87 bits per heavy atom. The maximum atomic E-state index is 13.8. The number of amides is 1. The molecule has 170 valence electrons. The number of likely N-dealkylation sites (tertiary alicyclic amines) is 1. The number of nitrogens with one attached hydrogen (secondary N) is 2. The average Bonchev–Trinajstić information content (AvgIpc) is 3.01. The summed E-state index contributed by atoms with van der Waals surface area (Å²) in [6.07, 6.45) is 1.68. The maximum absolute atomic E-state index is 13.8. The summed E-state index contributed by atoms with van der Waals surface area (Å²) in [4.78, 5) is 29.1. The van der Waals surface area contributed by atoms with Crippen LogP contribution < -0.4 is 10.6 Å². The minimum absolute atomic E-state index is 0.0907.